The minimum atomic E-state index is 0.144. The molecule has 0 aromatic rings. The molecule has 2 unspecified atom stereocenters. The zero-order valence-electron chi connectivity index (χ0n) is 5.52. The zero-order chi connectivity index (χ0) is 6.57. The van der Waals surface area contributed by atoms with Gasteiger partial charge in [0, 0.05) is 12.1 Å². The van der Waals surface area contributed by atoms with E-state index in [9.17, 15) is 0 Å². The van der Waals surface area contributed by atoms with Crippen LogP contribution in [0.2, 0.25) is 0 Å². The molecule has 0 bridgehead atoms. The summed E-state index contributed by atoms with van der Waals surface area (Å²) in [5.74, 6) is 5.15. The number of hydrogen-bond acceptors (Lipinski definition) is 3. The Morgan fingerprint density at radius 3 is 2.12 bits per heavy atom. The van der Waals surface area contributed by atoms with Crippen LogP contribution in [0, 0.1) is 0 Å². The van der Waals surface area contributed by atoms with Crippen LogP contribution >= 0.6 is 0 Å². The van der Waals surface area contributed by atoms with Crippen LogP contribution in [0.15, 0.2) is 0 Å². The molecule has 0 fully saturated rings. The van der Waals surface area contributed by atoms with Gasteiger partial charge in [0.15, 0.2) is 0 Å². The van der Waals surface area contributed by atoms with Gasteiger partial charge >= 0.3 is 0 Å². The highest BCUT2D eigenvalue weighted by atomic mass is 15.2. The van der Waals surface area contributed by atoms with Gasteiger partial charge in [0.2, 0.25) is 0 Å². The van der Waals surface area contributed by atoms with Gasteiger partial charge < -0.3 is 5.73 Å². The van der Waals surface area contributed by atoms with Crippen LogP contribution in [0.4, 0.5) is 0 Å². The molecule has 0 aliphatic carbocycles. The Balaban J connectivity index is 3.35. The maximum atomic E-state index is 5.52. The minimum absolute atomic E-state index is 0.144. The molecular formula is C5H15N3. The summed E-state index contributed by atoms with van der Waals surface area (Å²) in [6.45, 7) is 3.99. The molecule has 0 aliphatic rings. The first-order valence-corrected chi connectivity index (χ1v) is 2.94. The Bertz CT molecular complexity index is 49.6. The Morgan fingerprint density at radius 2 is 2.12 bits per heavy atom. The molecule has 0 saturated heterocycles. The van der Waals surface area contributed by atoms with Gasteiger partial charge in [-0.2, -0.15) is 0 Å². The summed E-state index contributed by atoms with van der Waals surface area (Å²) in [5, 5.41) is 0. The van der Waals surface area contributed by atoms with Gasteiger partial charge in [-0.05, 0) is 13.3 Å². The van der Waals surface area contributed by atoms with Crippen LogP contribution < -0.4 is 17.0 Å². The first-order chi connectivity index (χ1) is 3.72. The SMILES string of the molecule is CCC(NN)C(C)N. The zero-order valence-corrected chi connectivity index (χ0v) is 5.52. The summed E-state index contributed by atoms with van der Waals surface area (Å²) in [6.07, 6.45) is 0.980. The third-order valence-corrected chi connectivity index (χ3v) is 1.29. The van der Waals surface area contributed by atoms with E-state index >= 15 is 0 Å². The van der Waals surface area contributed by atoms with E-state index in [4.69, 9.17) is 11.6 Å². The van der Waals surface area contributed by atoms with E-state index in [0.717, 1.165) is 6.42 Å². The van der Waals surface area contributed by atoms with E-state index in [2.05, 4.69) is 5.43 Å². The lowest BCUT2D eigenvalue weighted by atomic mass is 10.1. The van der Waals surface area contributed by atoms with E-state index in [1.54, 1.807) is 0 Å². The molecule has 2 atom stereocenters. The molecule has 8 heavy (non-hydrogen) atoms. The van der Waals surface area contributed by atoms with Crippen molar-refractivity contribution >= 4 is 0 Å². The highest BCUT2D eigenvalue weighted by molar-refractivity contribution is 4.70. The first kappa shape index (κ1) is 7.88. The van der Waals surface area contributed by atoms with Crippen molar-refractivity contribution < 1.29 is 0 Å². The minimum Gasteiger partial charge on any atom is -0.326 e. The average Bonchev–Trinajstić information content (AvgIpc) is 1.69. The van der Waals surface area contributed by atoms with Crippen LogP contribution in [0.25, 0.3) is 0 Å². The highest BCUT2D eigenvalue weighted by Gasteiger charge is 2.06. The van der Waals surface area contributed by atoms with Crippen molar-refractivity contribution in [3.63, 3.8) is 0 Å². The van der Waals surface area contributed by atoms with E-state index in [0.29, 0.717) is 0 Å². The van der Waals surface area contributed by atoms with Crippen molar-refractivity contribution in [3.05, 3.63) is 0 Å². The lowest BCUT2D eigenvalue weighted by Gasteiger charge is -2.16. The van der Waals surface area contributed by atoms with Gasteiger partial charge in [-0.3, -0.25) is 11.3 Å². The van der Waals surface area contributed by atoms with E-state index in [1.165, 1.54) is 0 Å². The van der Waals surface area contributed by atoms with Gasteiger partial charge in [0.1, 0.15) is 0 Å². The predicted octanol–water partition coefficient (Wildman–Crippen LogP) is -0.424. The standard InChI is InChI=1S/C5H15N3/c1-3-5(8-7)4(2)6/h4-5,8H,3,6-7H2,1-2H3. The van der Waals surface area contributed by atoms with Gasteiger partial charge in [-0.25, -0.2) is 0 Å². The number of nitrogens with two attached hydrogens (primary N) is 2. The van der Waals surface area contributed by atoms with Gasteiger partial charge in [0.25, 0.3) is 0 Å². The maximum Gasteiger partial charge on any atom is 0.0356 e. The lowest BCUT2D eigenvalue weighted by molar-refractivity contribution is 0.446. The van der Waals surface area contributed by atoms with Gasteiger partial charge in [-0.1, -0.05) is 6.92 Å². The second-order valence-corrected chi connectivity index (χ2v) is 2.04. The number of hydrogen-bond donors (Lipinski definition) is 3. The largest absolute Gasteiger partial charge is 0.326 e. The van der Waals surface area contributed by atoms with Crippen molar-refractivity contribution in [2.45, 2.75) is 32.4 Å². The first-order valence-electron chi connectivity index (χ1n) is 2.94. The maximum absolute atomic E-state index is 5.52. The summed E-state index contributed by atoms with van der Waals surface area (Å²) in [4.78, 5) is 0. The highest BCUT2D eigenvalue weighted by Crippen LogP contribution is 1.91. The van der Waals surface area contributed by atoms with E-state index < -0.39 is 0 Å². The smallest absolute Gasteiger partial charge is 0.0356 e. The third-order valence-electron chi connectivity index (χ3n) is 1.29. The number of hydrazine groups is 1. The van der Waals surface area contributed by atoms with Crippen LogP contribution in [-0.2, 0) is 0 Å². The number of rotatable bonds is 3. The second-order valence-electron chi connectivity index (χ2n) is 2.04. The molecule has 0 aromatic heterocycles. The molecule has 0 saturated carbocycles. The molecule has 0 rings (SSSR count). The Kier molecular flexibility index (Phi) is 3.77. The van der Waals surface area contributed by atoms with Gasteiger partial charge in [0.05, 0.1) is 0 Å². The quantitative estimate of drug-likeness (QED) is 0.347. The summed E-state index contributed by atoms with van der Waals surface area (Å²) in [5.41, 5.74) is 8.14. The fourth-order valence-electron chi connectivity index (χ4n) is 0.641. The Morgan fingerprint density at radius 1 is 1.62 bits per heavy atom. The topological polar surface area (TPSA) is 64.1 Å². The molecule has 3 heteroatoms. The Hall–Kier alpha value is -0.120. The van der Waals surface area contributed by atoms with E-state index in [1.807, 2.05) is 13.8 Å². The molecule has 0 radical (unpaired) electrons. The molecule has 5 N–H and O–H groups in total. The van der Waals surface area contributed by atoms with Crippen LogP contribution in [-0.4, -0.2) is 12.1 Å². The van der Waals surface area contributed by atoms with Crippen molar-refractivity contribution in [2.24, 2.45) is 11.6 Å². The monoisotopic (exact) mass is 117 g/mol. The Labute approximate surface area is 50.4 Å². The normalized spacial score (nSPS) is 18.0. The second kappa shape index (κ2) is 3.83. The van der Waals surface area contributed by atoms with Crippen molar-refractivity contribution in [2.75, 3.05) is 0 Å². The van der Waals surface area contributed by atoms with E-state index in [-0.39, 0.29) is 12.1 Å². The summed E-state index contributed by atoms with van der Waals surface area (Å²) < 4.78 is 0. The average molecular weight is 117 g/mol. The molecular weight excluding hydrogens is 102 g/mol. The molecule has 0 heterocycles. The molecule has 0 aliphatic heterocycles. The van der Waals surface area contributed by atoms with Crippen LogP contribution in [0.3, 0.4) is 0 Å². The fourth-order valence-corrected chi connectivity index (χ4v) is 0.641. The summed E-state index contributed by atoms with van der Waals surface area (Å²) >= 11 is 0. The fraction of sp³-hybridized carbons (Fsp3) is 1.00. The molecule has 0 amide bonds. The van der Waals surface area contributed by atoms with Crippen molar-refractivity contribution in [3.8, 4) is 0 Å². The lowest BCUT2D eigenvalue weighted by Crippen LogP contribution is -2.46. The summed E-state index contributed by atoms with van der Waals surface area (Å²) in [6, 6.07) is 0.403. The van der Waals surface area contributed by atoms with Crippen LogP contribution in [0.1, 0.15) is 20.3 Å². The molecule has 50 valence electrons. The van der Waals surface area contributed by atoms with Gasteiger partial charge in [-0.15, -0.1) is 0 Å². The third kappa shape index (κ3) is 2.26. The molecule has 0 aromatic carbocycles. The van der Waals surface area contributed by atoms with Crippen molar-refractivity contribution in [1.29, 1.82) is 0 Å². The molecule has 0 spiro atoms. The molecule has 3 nitrogen and oxygen atoms in total. The van der Waals surface area contributed by atoms with Crippen molar-refractivity contribution in [1.82, 2.24) is 5.43 Å². The van der Waals surface area contributed by atoms with Crippen LogP contribution in [0.5, 0.6) is 0 Å². The predicted molar refractivity (Wildman–Crippen MR) is 35.1 cm³/mol. The summed E-state index contributed by atoms with van der Waals surface area (Å²) in [7, 11) is 0. The number of nitrogens with one attached hydrogen (secondary N) is 1.